The summed E-state index contributed by atoms with van der Waals surface area (Å²) in [5.41, 5.74) is 2.85. The number of hydrogen-bond acceptors (Lipinski definition) is 4. The number of carbonyl (C=O) groups is 1. The predicted octanol–water partition coefficient (Wildman–Crippen LogP) is 3.95. The molecule has 27 heavy (non-hydrogen) atoms. The summed E-state index contributed by atoms with van der Waals surface area (Å²) in [4.78, 5) is 13.9. The van der Waals surface area contributed by atoms with Gasteiger partial charge in [-0.05, 0) is 56.3 Å². The molecule has 0 aliphatic carbocycles. The molecule has 2 aromatic carbocycles. The van der Waals surface area contributed by atoms with Gasteiger partial charge in [-0.25, -0.2) is 8.42 Å². The van der Waals surface area contributed by atoms with Gasteiger partial charge in [-0.15, -0.1) is 0 Å². The third kappa shape index (κ3) is 5.94. The van der Waals surface area contributed by atoms with Gasteiger partial charge in [-0.3, -0.25) is 9.69 Å². The van der Waals surface area contributed by atoms with E-state index in [9.17, 15) is 13.2 Å². The Morgan fingerprint density at radius 2 is 1.85 bits per heavy atom. The highest BCUT2D eigenvalue weighted by Crippen LogP contribution is 2.26. The summed E-state index contributed by atoms with van der Waals surface area (Å²) in [6.07, 6.45) is 0. The van der Waals surface area contributed by atoms with Crippen molar-refractivity contribution in [2.24, 2.45) is 0 Å². The van der Waals surface area contributed by atoms with Crippen LogP contribution in [0.5, 0.6) is 0 Å². The minimum Gasteiger partial charge on any atom is -0.325 e. The van der Waals surface area contributed by atoms with Crippen LogP contribution in [0.25, 0.3) is 0 Å². The Labute approximate surface area is 170 Å². The number of nitrogens with one attached hydrogen (secondary N) is 1. The van der Waals surface area contributed by atoms with Crippen LogP contribution in [-0.4, -0.2) is 45.1 Å². The SMILES string of the molecule is Cc1cccc(NC(=O)CN(C)CCS(=O)(=O)c2cc(Cl)ccc2Cl)c1C. The van der Waals surface area contributed by atoms with Crippen molar-refractivity contribution in [2.45, 2.75) is 18.7 Å². The van der Waals surface area contributed by atoms with E-state index in [0.717, 1.165) is 16.8 Å². The second-order valence-electron chi connectivity index (χ2n) is 6.43. The van der Waals surface area contributed by atoms with Crippen LogP contribution in [0.3, 0.4) is 0 Å². The molecule has 0 radical (unpaired) electrons. The number of anilines is 1. The second kappa shape index (κ2) is 9.06. The average Bonchev–Trinajstić information content (AvgIpc) is 2.59. The molecule has 1 amide bonds. The predicted molar refractivity (Wildman–Crippen MR) is 111 cm³/mol. The van der Waals surface area contributed by atoms with Crippen LogP contribution in [0.1, 0.15) is 11.1 Å². The Morgan fingerprint density at radius 3 is 2.56 bits per heavy atom. The molecule has 0 saturated carbocycles. The summed E-state index contributed by atoms with van der Waals surface area (Å²) in [5, 5.41) is 3.30. The van der Waals surface area contributed by atoms with Gasteiger partial charge in [0, 0.05) is 17.3 Å². The largest absolute Gasteiger partial charge is 0.325 e. The molecule has 0 aliphatic rings. The number of nitrogens with zero attached hydrogens (tertiary/aromatic N) is 1. The van der Waals surface area contributed by atoms with Crippen molar-refractivity contribution in [2.75, 3.05) is 31.2 Å². The summed E-state index contributed by atoms with van der Waals surface area (Å²) in [7, 11) is -1.91. The zero-order valence-electron chi connectivity index (χ0n) is 15.4. The smallest absolute Gasteiger partial charge is 0.238 e. The summed E-state index contributed by atoms with van der Waals surface area (Å²) in [5.74, 6) is -0.371. The fourth-order valence-electron chi connectivity index (χ4n) is 2.50. The molecular weight excluding hydrogens is 407 g/mol. The molecule has 0 fully saturated rings. The zero-order valence-corrected chi connectivity index (χ0v) is 17.7. The molecule has 146 valence electrons. The Hall–Kier alpha value is -1.60. The molecule has 0 saturated heterocycles. The lowest BCUT2D eigenvalue weighted by molar-refractivity contribution is -0.117. The van der Waals surface area contributed by atoms with Gasteiger partial charge in [0.15, 0.2) is 9.84 Å². The van der Waals surface area contributed by atoms with Gasteiger partial charge >= 0.3 is 0 Å². The van der Waals surface area contributed by atoms with Crippen molar-refractivity contribution in [1.29, 1.82) is 0 Å². The standard InChI is InChI=1S/C19H22Cl2N2O3S/c1-13-5-4-6-17(14(13)2)22-19(24)12-23(3)9-10-27(25,26)18-11-15(20)7-8-16(18)21/h4-8,11H,9-10,12H2,1-3H3,(H,22,24). The van der Waals surface area contributed by atoms with E-state index < -0.39 is 9.84 Å². The molecule has 0 bridgehead atoms. The third-order valence-electron chi connectivity index (χ3n) is 4.26. The van der Waals surface area contributed by atoms with Crippen molar-refractivity contribution in [3.05, 3.63) is 57.6 Å². The number of likely N-dealkylation sites (N-methyl/N-ethyl adjacent to an activating group) is 1. The summed E-state index contributed by atoms with van der Waals surface area (Å²) in [6.45, 7) is 4.18. The van der Waals surface area contributed by atoms with E-state index in [1.807, 2.05) is 32.0 Å². The number of rotatable bonds is 7. The van der Waals surface area contributed by atoms with Crippen LogP contribution in [0.15, 0.2) is 41.3 Å². The Kier molecular flexibility index (Phi) is 7.28. The molecule has 5 nitrogen and oxygen atoms in total. The topological polar surface area (TPSA) is 66.5 Å². The number of carbonyl (C=O) groups excluding carboxylic acids is 1. The van der Waals surface area contributed by atoms with E-state index >= 15 is 0 Å². The number of hydrogen-bond donors (Lipinski definition) is 1. The first-order valence-electron chi connectivity index (χ1n) is 8.32. The van der Waals surface area contributed by atoms with Crippen LogP contribution in [0, 0.1) is 13.8 Å². The highest BCUT2D eigenvalue weighted by atomic mass is 35.5. The molecule has 0 atom stereocenters. The molecule has 8 heteroatoms. The van der Waals surface area contributed by atoms with Crippen molar-refractivity contribution in [3.63, 3.8) is 0 Å². The quantitative estimate of drug-likeness (QED) is 0.724. The molecular formula is C19H22Cl2N2O3S. The molecule has 0 spiro atoms. The third-order valence-corrected chi connectivity index (χ3v) is 6.67. The van der Waals surface area contributed by atoms with Gasteiger partial charge < -0.3 is 5.32 Å². The van der Waals surface area contributed by atoms with Crippen LogP contribution < -0.4 is 5.32 Å². The summed E-state index contributed by atoms with van der Waals surface area (Å²) >= 11 is 11.9. The molecule has 2 aromatic rings. The lowest BCUT2D eigenvalue weighted by Gasteiger charge is -2.17. The van der Waals surface area contributed by atoms with Gasteiger partial charge in [-0.2, -0.15) is 0 Å². The zero-order chi connectivity index (χ0) is 20.2. The second-order valence-corrected chi connectivity index (χ2v) is 9.35. The monoisotopic (exact) mass is 428 g/mol. The fraction of sp³-hybridized carbons (Fsp3) is 0.316. The Balaban J connectivity index is 1.95. The summed E-state index contributed by atoms with van der Waals surface area (Å²) < 4.78 is 25.0. The van der Waals surface area contributed by atoms with Crippen molar-refractivity contribution < 1.29 is 13.2 Å². The van der Waals surface area contributed by atoms with E-state index in [0.29, 0.717) is 5.02 Å². The summed E-state index contributed by atoms with van der Waals surface area (Å²) in [6, 6.07) is 10.0. The number of sulfone groups is 1. The van der Waals surface area contributed by atoms with E-state index in [2.05, 4.69) is 5.32 Å². The first kappa shape index (κ1) is 21.7. The highest BCUT2D eigenvalue weighted by molar-refractivity contribution is 7.91. The Morgan fingerprint density at radius 1 is 1.15 bits per heavy atom. The van der Waals surface area contributed by atoms with Crippen LogP contribution in [0.2, 0.25) is 10.0 Å². The van der Waals surface area contributed by atoms with Gasteiger partial charge in [0.25, 0.3) is 0 Å². The molecule has 0 unspecified atom stereocenters. The molecule has 1 N–H and O–H groups in total. The first-order valence-corrected chi connectivity index (χ1v) is 10.7. The molecule has 0 aromatic heterocycles. The minimum atomic E-state index is -3.61. The van der Waals surface area contributed by atoms with E-state index in [4.69, 9.17) is 23.2 Å². The fourth-order valence-corrected chi connectivity index (χ4v) is 4.65. The lowest BCUT2D eigenvalue weighted by atomic mass is 10.1. The average molecular weight is 429 g/mol. The number of benzene rings is 2. The van der Waals surface area contributed by atoms with Crippen LogP contribution in [-0.2, 0) is 14.6 Å². The number of amides is 1. The van der Waals surface area contributed by atoms with Crippen molar-refractivity contribution >= 4 is 44.6 Å². The van der Waals surface area contributed by atoms with Crippen molar-refractivity contribution in [1.82, 2.24) is 4.90 Å². The minimum absolute atomic E-state index is 0.00454. The highest BCUT2D eigenvalue weighted by Gasteiger charge is 2.20. The first-order chi connectivity index (χ1) is 12.6. The van der Waals surface area contributed by atoms with Crippen molar-refractivity contribution in [3.8, 4) is 0 Å². The normalized spacial score (nSPS) is 11.6. The van der Waals surface area contributed by atoms with E-state index in [1.54, 1.807) is 11.9 Å². The number of aryl methyl sites for hydroxylation is 1. The number of halogens is 2. The van der Waals surface area contributed by atoms with E-state index in [-0.39, 0.29) is 34.7 Å². The molecule has 0 heterocycles. The Bertz CT molecular complexity index is 946. The van der Waals surface area contributed by atoms with E-state index in [1.165, 1.54) is 18.2 Å². The van der Waals surface area contributed by atoms with Gasteiger partial charge in [0.2, 0.25) is 5.91 Å². The van der Waals surface area contributed by atoms with Gasteiger partial charge in [-0.1, -0.05) is 35.3 Å². The maximum Gasteiger partial charge on any atom is 0.238 e. The van der Waals surface area contributed by atoms with Crippen LogP contribution in [0.4, 0.5) is 5.69 Å². The maximum atomic E-state index is 12.5. The maximum absolute atomic E-state index is 12.5. The van der Waals surface area contributed by atoms with Gasteiger partial charge in [0.05, 0.1) is 22.2 Å². The van der Waals surface area contributed by atoms with Crippen LogP contribution >= 0.6 is 23.2 Å². The lowest BCUT2D eigenvalue weighted by Crippen LogP contribution is -2.33. The van der Waals surface area contributed by atoms with Gasteiger partial charge in [0.1, 0.15) is 0 Å². The molecule has 0 aliphatic heterocycles. The molecule has 2 rings (SSSR count).